The second-order valence-electron chi connectivity index (χ2n) is 9.72. The Morgan fingerprint density at radius 3 is 2.32 bits per heavy atom. The lowest BCUT2D eigenvalue weighted by atomic mass is 9.83. The molecule has 0 aromatic heterocycles. The second kappa shape index (κ2) is 11.2. The highest BCUT2D eigenvalue weighted by Gasteiger charge is 2.36. The second-order valence-corrected chi connectivity index (χ2v) is 9.72. The van der Waals surface area contributed by atoms with Crippen LogP contribution in [0.2, 0.25) is 0 Å². The Labute approximate surface area is 202 Å². The summed E-state index contributed by atoms with van der Waals surface area (Å²) in [6.45, 7) is 3.45. The van der Waals surface area contributed by atoms with Gasteiger partial charge >= 0.3 is 18.0 Å². The molecule has 8 nitrogen and oxygen atoms in total. The summed E-state index contributed by atoms with van der Waals surface area (Å²) in [7, 11) is 2.86. The maximum atomic E-state index is 13.3. The summed E-state index contributed by atoms with van der Waals surface area (Å²) in [5.74, 6) is 0.212. The van der Waals surface area contributed by atoms with Gasteiger partial charge in [0.2, 0.25) is 0 Å². The van der Waals surface area contributed by atoms with Crippen molar-refractivity contribution in [2.24, 2.45) is 5.92 Å². The smallest absolute Gasteiger partial charge is 0.324 e. The topological polar surface area (TPSA) is 79.4 Å². The van der Waals surface area contributed by atoms with Gasteiger partial charge in [-0.3, -0.25) is 19.4 Å². The van der Waals surface area contributed by atoms with E-state index in [4.69, 9.17) is 9.47 Å². The van der Waals surface area contributed by atoms with E-state index in [2.05, 4.69) is 28.0 Å². The molecule has 0 atom stereocenters. The number of amides is 2. The molecule has 1 aliphatic carbocycles. The van der Waals surface area contributed by atoms with Gasteiger partial charge in [-0.1, -0.05) is 6.07 Å². The number of methoxy groups -OCH3 is 2. The maximum absolute atomic E-state index is 13.3. The molecule has 8 heteroatoms. The van der Waals surface area contributed by atoms with Crippen LogP contribution in [0.25, 0.3) is 0 Å². The molecule has 0 radical (unpaired) electrons. The van der Waals surface area contributed by atoms with E-state index in [1.807, 2.05) is 4.90 Å². The number of esters is 2. The molecule has 0 bridgehead atoms. The Morgan fingerprint density at radius 2 is 1.62 bits per heavy atom. The van der Waals surface area contributed by atoms with Gasteiger partial charge in [0.05, 0.1) is 20.8 Å². The zero-order valence-electron chi connectivity index (χ0n) is 20.5. The van der Waals surface area contributed by atoms with Crippen molar-refractivity contribution in [1.29, 1.82) is 0 Å². The van der Waals surface area contributed by atoms with Crippen molar-refractivity contribution in [3.63, 3.8) is 0 Å². The number of carbonyl (C=O) groups excluding carboxylic acids is 3. The lowest BCUT2D eigenvalue weighted by Gasteiger charge is -2.34. The highest BCUT2D eigenvalue weighted by molar-refractivity contribution is 5.94. The molecule has 0 unspecified atom stereocenters. The molecular weight excluding hydrogens is 434 g/mol. The first-order valence-corrected chi connectivity index (χ1v) is 12.5. The lowest BCUT2D eigenvalue weighted by Crippen LogP contribution is -2.41. The SMILES string of the molecule is COC(=O)CCC1CCC(N2CCN(c3ccc4c(c3)CCN(CC(=O)OC)CC4)C2=O)CC1. The molecule has 1 aromatic carbocycles. The zero-order chi connectivity index (χ0) is 24.1. The highest BCUT2D eigenvalue weighted by Crippen LogP contribution is 2.33. The van der Waals surface area contributed by atoms with Crippen molar-refractivity contribution < 1.29 is 23.9 Å². The number of ether oxygens (including phenoxy) is 2. The van der Waals surface area contributed by atoms with Gasteiger partial charge in [-0.05, 0) is 74.1 Å². The molecule has 34 heavy (non-hydrogen) atoms. The molecule has 2 amide bonds. The molecule has 2 fully saturated rings. The van der Waals surface area contributed by atoms with Gasteiger partial charge in [0.1, 0.15) is 0 Å². The summed E-state index contributed by atoms with van der Waals surface area (Å²) in [6.07, 6.45) is 7.26. The van der Waals surface area contributed by atoms with Gasteiger partial charge in [-0.15, -0.1) is 0 Å². The molecule has 1 aromatic rings. The third kappa shape index (κ3) is 5.71. The molecule has 4 rings (SSSR count). The summed E-state index contributed by atoms with van der Waals surface area (Å²) in [6, 6.07) is 6.79. The minimum atomic E-state index is -0.202. The Morgan fingerprint density at radius 1 is 0.912 bits per heavy atom. The van der Waals surface area contributed by atoms with Crippen molar-refractivity contribution in [3.8, 4) is 0 Å². The molecule has 2 aliphatic heterocycles. The van der Waals surface area contributed by atoms with Crippen molar-refractivity contribution in [3.05, 3.63) is 29.3 Å². The summed E-state index contributed by atoms with van der Waals surface area (Å²) in [4.78, 5) is 42.5. The predicted molar refractivity (Wildman–Crippen MR) is 129 cm³/mol. The van der Waals surface area contributed by atoms with Crippen LogP contribution < -0.4 is 4.90 Å². The van der Waals surface area contributed by atoms with E-state index in [1.165, 1.54) is 25.3 Å². The number of hydrogen-bond acceptors (Lipinski definition) is 6. The third-order valence-corrected chi connectivity index (χ3v) is 7.76. The van der Waals surface area contributed by atoms with Gasteiger partial charge in [0.15, 0.2) is 0 Å². The Balaban J connectivity index is 1.32. The standard InChI is InChI=1S/C26H37N3O5/c1-33-24(30)10-5-19-3-7-22(8-4-19)28-15-16-29(26(28)32)23-9-6-20-11-13-27(18-25(31)34-2)14-12-21(20)17-23/h6,9,17,19,22H,3-5,7-8,10-16,18H2,1-2H3. The minimum absolute atomic E-state index is 0.110. The van der Waals surface area contributed by atoms with Crippen LogP contribution in [0.5, 0.6) is 0 Å². The largest absolute Gasteiger partial charge is 0.469 e. The van der Waals surface area contributed by atoms with E-state index >= 15 is 0 Å². The van der Waals surface area contributed by atoms with Gasteiger partial charge in [0.25, 0.3) is 0 Å². The van der Waals surface area contributed by atoms with Gasteiger partial charge < -0.3 is 14.4 Å². The zero-order valence-corrected chi connectivity index (χ0v) is 20.5. The molecule has 1 saturated carbocycles. The van der Waals surface area contributed by atoms with Gasteiger partial charge in [-0.2, -0.15) is 0 Å². The summed E-state index contributed by atoms with van der Waals surface area (Å²) < 4.78 is 9.57. The Bertz CT molecular complexity index is 896. The number of carbonyl (C=O) groups is 3. The van der Waals surface area contributed by atoms with E-state index in [-0.39, 0.29) is 18.0 Å². The normalized spacial score (nSPS) is 23.4. The number of fused-ring (bicyclic) bond motifs is 1. The van der Waals surface area contributed by atoms with E-state index in [9.17, 15) is 14.4 Å². The number of nitrogens with zero attached hydrogens (tertiary/aromatic N) is 3. The maximum Gasteiger partial charge on any atom is 0.324 e. The Hall–Kier alpha value is -2.61. The van der Waals surface area contributed by atoms with Crippen LogP contribution in [-0.2, 0) is 31.9 Å². The first-order chi connectivity index (χ1) is 16.5. The van der Waals surface area contributed by atoms with E-state index in [0.29, 0.717) is 31.5 Å². The van der Waals surface area contributed by atoms with Crippen molar-refractivity contribution in [2.45, 2.75) is 57.4 Å². The fraction of sp³-hybridized carbons (Fsp3) is 0.654. The molecular formula is C26H37N3O5. The van der Waals surface area contributed by atoms with Crippen LogP contribution >= 0.6 is 0 Å². The summed E-state index contributed by atoms with van der Waals surface area (Å²) in [5.41, 5.74) is 3.53. The van der Waals surface area contributed by atoms with Crippen molar-refractivity contribution in [1.82, 2.24) is 9.80 Å². The van der Waals surface area contributed by atoms with E-state index in [1.54, 1.807) is 0 Å². The number of urea groups is 1. The fourth-order valence-electron chi connectivity index (χ4n) is 5.63. The molecule has 0 N–H and O–H groups in total. The number of rotatable bonds is 7. The molecule has 0 spiro atoms. The number of hydrogen-bond donors (Lipinski definition) is 0. The van der Waals surface area contributed by atoms with Gasteiger partial charge in [-0.25, -0.2) is 4.79 Å². The first-order valence-electron chi connectivity index (χ1n) is 12.5. The summed E-state index contributed by atoms with van der Waals surface area (Å²) in [5, 5.41) is 0. The van der Waals surface area contributed by atoms with Crippen LogP contribution in [-0.4, -0.2) is 80.8 Å². The van der Waals surface area contributed by atoms with Crippen LogP contribution in [0.3, 0.4) is 0 Å². The molecule has 186 valence electrons. The predicted octanol–water partition coefficient (Wildman–Crippen LogP) is 3.01. The van der Waals surface area contributed by atoms with Gasteiger partial charge in [0, 0.05) is 44.3 Å². The first kappa shape index (κ1) is 24.5. The minimum Gasteiger partial charge on any atom is -0.469 e. The van der Waals surface area contributed by atoms with Crippen LogP contribution in [0, 0.1) is 5.92 Å². The fourth-order valence-corrected chi connectivity index (χ4v) is 5.63. The van der Waals surface area contributed by atoms with Crippen LogP contribution in [0.15, 0.2) is 18.2 Å². The van der Waals surface area contributed by atoms with Crippen LogP contribution in [0.1, 0.15) is 49.7 Å². The van der Waals surface area contributed by atoms with E-state index in [0.717, 1.165) is 70.3 Å². The number of benzene rings is 1. The monoisotopic (exact) mass is 471 g/mol. The summed E-state index contributed by atoms with van der Waals surface area (Å²) >= 11 is 0. The lowest BCUT2D eigenvalue weighted by molar-refractivity contribution is -0.142. The Kier molecular flexibility index (Phi) is 8.08. The highest BCUT2D eigenvalue weighted by atomic mass is 16.5. The molecule has 1 saturated heterocycles. The quantitative estimate of drug-likeness (QED) is 0.569. The number of anilines is 1. The average molecular weight is 472 g/mol. The molecule has 3 aliphatic rings. The van der Waals surface area contributed by atoms with Crippen molar-refractivity contribution in [2.75, 3.05) is 51.8 Å². The van der Waals surface area contributed by atoms with Crippen LogP contribution in [0.4, 0.5) is 10.5 Å². The van der Waals surface area contributed by atoms with E-state index < -0.39 is 0 Å². The van der Waals surface area contributed by atoms with Crippen molar-refractivity contribution >= 4 is 23.7 Å². The average Bonchev–Trinajstić information content (AvgIpc) is 3.13. The third-order valence-electron chi connectivity index (χ3n) is 7.76. The molecule has 2 heterocycles.